The van der Waals surface area contributed by atoms with Gasteiger partial charge in [-0.3, -0.25) is 4.68 Å². The lowest BCUT2D eigenvalue weighted by Gasteiger charge is -2.29. The van der Waals surface area contributed by atoms with Crippen LogP contribution in [0.15, 0.2) is 12.4 Å². The van der Waals surface area contributed by atoms with Gasteiger partial charge in [0.2, 0.25) is 0 Å². The van der Waals surface area contributed by atoms with Gasteiger partial charge < -0.3 is 5.32 Å². The van der Waals surface area contributed by atoms with Crippen LogP contribution in [0, 0.1) is 5.92 Å². The zero-order valence-corrected chi connectivity index (χ0v) is 10.4. The van der Waals surface area contributed by atoms with Crippen molar-refractivity contribution >= 4 is 0 Å². The maximum atomic E-state index is 4.21. The molecule has 3 heteroatoms. The van der Waals surface area contributed by atoms with Gasteiger partial charge in [0.1, 0.15) is 0 Å². The van der Waals surface area contributed by atoms with E-state index in [1.807, 2.05) is 17.9 Å². The summed E-state index contributed by atoms with van der Waals surface area (Å²) >= 11 is 0. The smallest absolute Gasteiger partial charge is 0.0521 e. The van der Waals surface area contributed by atoms with E-state index in [4.69, 9.17) is 0 Å². The summed E-state index contributed by atoms with van der Waals surface area (Å²) in [7, 11) is 1.98. The van der Waals surface area contributed by atoms with Crippen LogP contribution in [0.3, 0.4) is 0 Å². The molecule has 2 heterocycles. The van der Waals surface area contributed by atoms with Gasteiger partial charge in [-0.1, -0.05) is 13.3 Å². The number of piperidine rings is 1. The molecule has 1 aromatic heterocycles. The van der Waals surface area contributed by atoms with E-state index in [0.717, 1.165) is 18.4 Å². The number of aryl methyl sites for hydroxylation is 2. The first kappa shape index (κ1) is 11.6. The molecule has 3 nitrogen and oxygen atoms in total. The van der Waals surface area contributed by atoms with Gasteiger partial charge in [0.25, 0.3) is 0 Å². The molecule has 1 aliphatic rings. The van der Waals surface area contributed by atoms with Gasteiger partial charge in [0, 0.05) is 19.3 Å². The Hall–Kier alpha value is -0.830. The first-order valence-electron chi connectivity index (χ1n) is 6.49. The summed E-state index contributed by atoms with van der Waals surface area (Å²) < 4.78 is 1.89. The number of nitrogens with one attached hydrogen (secondary N) is 1. The van der Waals surface area contributed by atoms with E-state index in [0.29, 0.717) is 0 Å². The highest BCUT2D eigenvalue weighted by atomic mass is 15.2. The molecule has 2 atom stereocenters. The average Bonchev–Trinajstić information content (AvgIpc) is 2.73. The second-order valence-electron chi connectivity index (χ2n) is 5.01. The molecule has 0 aromatic carbocycles. The van der Waals surface area contributed by atoms with Crippen molar-refractivity contribution in [2.45, 2.75) is 45.1 Å². The molecule has 1 fully saturated rings. The number of hydrogen-bond acceptors (Lipinski definition) is 2. The van der Waals surface area contributed by atoms with Crippen LogP contribution in [-0.2, 0) is 13.5 Å². The Kier molecular flexibility index (Phi) is 3.99. The predicted molar refractivity (Wildman–Crippen MR) is 66.3 cm³/mol. The van der Waals surface area contributed by atoms with E-state index >= 15 is 0 Å². The molecule has 0 aliphatic carbocycles. The normalized spacial score (nSPS) is 25.9. The van der Waals surface area contributed by atoms with Crippen molar-refractivity contribution in [3.63, 3.8) is 0 Å². The van der Waals surface area contributed by atoms with Crippen LogP contribution in [-0.4, -0.2) is 22.4 Å². The Balaban J connectivity index is 1.77. The molecule has 1 saturated heterocycles. The summed E-state index contributed by atoms with van der Waals surface area (Å²) in [4.78, 5) is 0. The fourth-order valence-corrected chi connectivity index (χ4v) is 2.63. The van der Waals surface area contributed by atoms with Crippen LogP contribution < -0.4 is 5.32 Å². The van der Waals surface area contributed by atoms with Crippen molar-refractivity contribution in [2.75, 3.05) is 6.54 Å². The number of rotatable bonds is 4. The lowest BCUT2D eigenvalue weighted by Crippen LogP contribution is -2.38. The van der Waals surface area contributed by atoms with E-state index in [-0.39, 0.29) is 0 Å². The van der Waals surface area contributed by atoms with E-state index in [9.17, 15) is 0 Å². The summed E-state index contributed by atoms with van der Waals surface area (Å²) in [5.41, 5.74) is 1.36. The summed E-state index contributed by atoms with van der Waals surface area (Å²) in [6, 6.07) is 0.721. The predicted octanol–water partition coefficient (Wildman–Crippen LogP) is 2.13. The van der Waals surface area contributed by atoms with Crippen LogP contribution in [0.1, 0.15) is 38.2 Å². The Morgan fingerprint density at radius 1 is 1.56 bits per heavy atom. The Morgan fingerprint density at radius 2 is 2.44 bits per heavy atom. The second kappa shape index (κ2) is 5.48. The van der Waals surface area contributed by atoms with Crippen molar-refractivity contribution in [3.05, 3.63) is 18.0 Å². The van der Waals surface area contributed by atoms with Gasteiger partial charge in [-0.05, 0) is 43.7 Å². The van der Waals surface area contributed by atoms with E-state index in [1.165, 1.54) is 37.8 Å². The molecule has 0 radical (unpaired) electrons. The number of nitrogens with zero attached hydrogens (tertiary/aromatic N) is 2. The molecule has 1 N–H and O–H groups in total. The van der Waals surface area contributed by atoms with E-state index in [1.54, 1.807) is 0 Å². The van der Waals surface area contributed by atoms with Crippen molar-refractivity contribution in [1.82, 2.24) is 15.1 Å². The van der Waals surface area contributed by atoms with Crippen LogP contribution in [0.5, 0.6) is 0 Å². The Bertz CT molecular complexity index is 319. The fraction of sp³-hybridized carbons (Fsp3) is 0.769. The summed E-state index contributed by atoms with van der Waals surface area (Å²) in [6.07, 6.45) is 10.6. The van der Waals surface area contributed by atoms with Gasteiger partial charge in [0.05, 0.1) is 6.20 Å². The third kappa shape index (κ3) is 3.08. The maximum Gasteiger partial charge on any atom is 0.0521 e. The van der Waals surface area contributed by atoms with Crippen LogP contribution in [0.4, 0.5) is 0 Å². The standard InChI is InChI=1S/C13H23N3/c1-3-11-6-7-14-13(8-11)5-4-12-9-15-16(2)10-12/h9-11,13-14H,3-8H2,1-2H3. The van der Waals surface area contributed by atoms with Crippen LogP contribution in [0.25, 0.3) is 0 Å². The van der Waals surface area contributed by atoms with Gasteiger partial charge in [-0.25, -0.2) is 0 Å². The lowest BCUT2D eigenvalue weighted by molar-refractivity contribution is 0.285. The van der Waals surface area contributed by atoms with Crippen LogP contribution in [0.2, 0.25) is 0 Å². The number of hydrogen-bond donors (Lipinski definition) is 1. The maximum absolute atomic E-state index is 4.21. The van der Waals surface area contributed by atoms with Gasteiger partial charge in [0.15, 0.2) is 0 Å². The molecule has 0 saturated carbocycles. The first-order chi connectivity index (χ1) is 7.78. The minimum Gasteiger partial charge on any atom is -0.314 e. The molecule has 0 bridgehead atoms. The summed E-state index contributed by atoms with van der Waals surface area (Å²) in [5.74, 6) is 0.945. The molecular weight excluding hydrogens is 198 g/mol. The largest absolute Gasteiger partial charge is 0.314 e. The third-order valence-electron chi connectivity index (χ3n) is 3.72. The minimum atomic E-state index is 0.721. The molecule has 2 unspecified atom stereocenters. The van der Waals surface area contributed by atoms with Crippen molar-refractivity contribution in [3.8, 4) is 0 Å². The zero-order valence-electron chi connectivity index (χ0n) is 10.4. The topological polar surface area (TPSA) is 29.9 Å². The quantitative estimate of drug-likeness (QED) is 0.844. The average molecular weight is 221 g/mol. The van der Waals surface area contributed by atoms with Gasteiger partial charge >= 0.3 is 0 Å². The molecular formula is C13H23N3. The molecule has 1 aliphatic heterocycles. The fourth-order valence-electron chi connectivity index (χ4n) is 2.63. The van der Waals surface area contributed by atoms with E-state index < -0.39 is 0 Å². The van der Waals surface area contributed by atoms with Crippen molar-refractivity contribution in [1.29, 1.82) is 0 Å². The van der Waals surface area contributed by atoms with Gasteiger partial charge in [-0.2, -0.15) is 5.10 Å². The minimum absolute atomic E-state index is 0.721. The Labute approximate surface area is 98.2 Å². The highest BCUT2D eigenvalue weighted by molar-refractivity contribution is 5.04. The number of aromatic nitrogens is 2. The summed E-state index contributed by atoms with van der Waals surface area (Å²) in [6.45, 7) is 3.52. The van der Waals surface area contributed by atoms with Crippen molar-refractivity contribution in [2.24, 2.45) is 13.0 Å². The van der Waals surface area contributed by atoms with Gasteiger partial charge in [-0.15, -0.1) is 0 Å². The van der Waals surface area contributed by atoms with Crippen LogP contribution >= 0.6 is 0 Å². The monoisotopic (exact) mass is 221 g/mol. The molecule has 16 heavy (non-hydrogen) atoms. The first-order valence-corrected chi connectivity index (χ1v) is 6.49. The third-order valence-corrected chi connectivity index (χ3v) is 3.72. The molecule has 2 rings (SSSR count). The van der Waals surface area contributed by atoms with Crippen molar-refractivity contribution < 1.29 is 0 Å². The second-order valence-corrected chi connectivity index (χ2v) is 5.01. The van der Waals surface area contributed by atoms with E-state index in [2.05, 4.69) is 23.5 Å². The summed E-state index contributed by atoms with van der Waals surface area (Å²) in [5, 5.41) is 7.84. The molecule has 0 amide bonds. The lowest BCUT2D eigenvalue weighted by atomic mass is 9.88. The molecule has 0 spiro atoms. The SMILES string of the molecule is CCC1CCNC(CCc2cnn(C)c2)C1. The molecule has 90 valence electrons. The highest BCUT2D eigenvalue weighted by Crippen LogP contribution is 2.21. The highest BCUT2D eigenvalue weighted by Gasteiger charge is 2.19. The molecule has 1 aromatic rings. The zero-order chi connectivity index (χ0) is 11.4. The Morgan fingerprint density at radius 3 is 3.12 bits per heavy atom.